The summed E-state index contributed by atoms with van der Waals surface area (Å²) in [6, 6.07) is 5.39. The summed E-state index contributed by atoms with van der Waals surface area (Å²) in [5, 5.41) is 8.79. The molecule has 7 heteroatoms. The Labute approximate surface area is 176 Å². The van der Waals surface area contributed by atoms with Crippen molar-refractivity contribution in [1.82, 2.24) is 15.1 Å². The van der Waals surface area contributed by atoms with E-state index in [4.69, 9.17) is 33.0 Å². The predicted molar refractivity (Wildman–Crippen MR) is 113 cm³/mol. The number of aromatic nitrogens is 2. The van der Waals surface area contributed by atoms with E-state index in [1.54, 1.807) is 12.1 Å². The van der Waals surface area contributed by atoms with E-state index in [1.165, 1.54) is 0 Å². The van der Waals surface area contributed by atoms with E-state index >= 15 is 0 Å². The van der Waals surface area contributed by atoms with Crippen LogP contribution in [0.4, 0.5) is 0 Å². The van der Waals surface area contributed by atoms with Crippen molar-refractivity contribution in [3.8, 4) is 5.69 Å². The number of halogens is 2. The van der Waals surface area contributed by atoms with Crippen LogP contribution in [0.2, 0.25) is 10.0 Å². The Kier molecular flexibility index (Phi) is 6.69. The van der Waals surface area contributed by atoms with Gasteiger partial charge in [-0.3, -0.25) is 4.79 Å². The molecular formula is C21H27Cl2N3O2. The number of rotatable bonds is 6. The van der Waals surface area contributed by atoms with Crippen LogP contribution in [0.3, 0.4) is 0 Å². The molecule has 2 heterocycles. The topological polar surface area (TPSA) is 56.2 Å². The van der Waals surface area contributed by atoms with Crippen molar-refractivity contribution in [2.75, 3.05) is 13.2 Å². The fourth-order valence-electron chi connectivity index (χ4n) is 3.53. The number of amides is 1. The van der Waals surface area contributed by atoms with Crippen LogP contribution < -0.4 is 5.32 Å². The minimum absolute atomic E-state index is 0.0953. The van der Waals surface area contributed by atoms with Crippen LogP contribution in [0.25, 0.3) is 5.69 Å². The Morgan fingerprint density at radius 2 is 2.00 bits per heavy atom. The first-order chi connectivity index (χ1) is 13.3. The Morgan fingerprint density at radius 1 is 1.25 bits per heavy atom. The maximum atomic E-state index is 13.2. The van der Waals surface area contributed by atoms with Gasteiger partial charge in [0, 0.05) is 13.2 Å². The maximum Gasteiger partial charge on any atom is 0.255 e. The van der Waals surface area contributed by atoms with Crippen LogP contribution in [0, 0.1) is 0 Å². The van der Waals surface area contributed by atoms with Gasteiger partial charge < -0.3 is 10.1 Å². The number of nitrogens with one attached hydrogen (secondary N) is 1. The van der Waals surface area contributed by atoms with E-state index in [0.717, 1.165) is 36.5 Å². The molecule has 0 saturated carbocycles. The Morgan fingerprint density at radius 3 is 2.57 bits per heavy atom. The molecule has 1 saturated heterocycles. The fraction of sp³-hybridized carbons (Fsp3) is 0.524. The second-order valence-electron chi connectivity index (χ2n) is 7.81. The Balaban J connectivity index is 2.02. The van der Waals surface area contributed by atoms with Crippen molar-refractivity contribution < 1.29 is 9.53 Å². The summed E-state index contributed by atoms with van der Waals surface area (Å²) in [6.45, 7) is 9.50. The lowest BCUT2D eigenvalue weighted by atomic mass is 9.98. The zero-order valence-corrected chi connectivity index (χ0v) is 18.3. The highest BCUT2D eigenvalue weighted by atomic mass is 35.5. The molecule has 152 valence electrons. The molecule has 3 rings (SSSR count). The van der Waals surface area contributed by atoms with Crippen LogP contribution >= 0.6 is 23.2 Å². The lowest BCUT2D eigenvalue weighted by Crippen LogP contribution is -2.33. The van der Waals surface area contributed by atoms with E-state index in [1.807, 2.05) is 24.6 Å². The number of hydrogen-bond acceptors (Lipinski definition) is 3. The van der Waals surface area contributed by atoms with E-state index in [2.05, 4.69) is 19.2 Å². The smallest absolute Gasteiger partial charge is 0.255 e. The summed E-state index contributed by atoms with van der Waals surface area (Å²) >= 11 is 12.3. The van der Waals surface area contributed by atoms with Gasteiger partial charge in [-0.15, -0.1) is 0 Å². The third kappa shape index (κ3) is 4.37. The molecule has 0 unspecified atom stereocenters. The molecule has 0 aliphatic carbocycles. The summed E-state index contributed by atoms with van der Waals surface area (Å²) in [5.74, 6) is 0.0946. The molecular weight excluding hydrogens is 397 g/mol. The zero-order valence-electron chi connectivity index (χ0n) is 16.8. The summed E-state index contributed by atoms with van der Waals surface area (Å²) in [5.41, 5.74) is 3.08. The monoisotopic (exact) mass is 423 g/mol. The summed E-state index contributed by atoms with van der Waals surface area (Å²) in [4.78, 5) is 13.2. The number of carbonyl (C=O) groups is 1. The van der Waals surface area contributed by atoms with Crippen LogP contribution in [-0.4, -0.2) is 34.9 Å². The van der Waals surface area contributed by atoms with Gasteiger partial charge in [0.2, 0.25) is 0 Å². The van der Waals surface area contributed by atoms with E-state index < -0.39 is 0 Å². The number of nitrogens with zero attached hydrogens (tertiary/aromatic N) is 2. The first-order valence-electron chi connectivity index (χ1n) is 9.77. The van der Waals surface area contributed by atoms with Crippen molar-refractivity contribution in [3.05, 3.63) is 45.2 Å². The zero-order chi connectivity index (χ0) is 20.4. The highest BCUT2D eigenvalue weighted by molar-refractivity contribution is 6.42. The third-order valence-corrected chi connectivity index (χ3v) is 5.67. The van der Waals surface area contributed by atoms with E-state index in [-0.39, 0.29) is 23.8 Å². The lowest BCUT2D eigenvalue weighted by molar-refractivity contribution is 0.0855. The van der Waals surface area contributed by atoms with Crippen LogP contribution in [0.15, 0.2) is 18.2 Å². The summed E-state index contributed by atoms with van der Waals surface area (Å²) < 4.78 is 7.45. The van der Waals surface area contributed by atoms with Gasteiger partial charge in [0.25, 0.3) is 5.91 Å². The fourth-order valence-corrected chi connectivity index (χ4v) is 3.82. The highest BCUT2D eigenvalue weighted by Gasteiger charge is 2.28. The second-order valence-corrected chi connectivity index (χ2v) is 8.62. The molecule has 1 N–H and O–H groups in total. The minimum Gasteiger partial charge on any atom is -0.376 e. The second kappa shape index (κ2) is 8.85. The molecule has 1 aromatic heterocycles. The molecule has 1 atom stereocenters. The van der Waals surface area contributed by atoms with Crippen LogP contribution in [0.5, 0.6) is 0 Å². The number of carbonyl (C=O) groups excluding carboxylic acids is 1. The molecule has 1 aromatic carbocycles. The van der Waals surface area contributed by atoms with Gasteiger partial charge >= 0.3 is 0 Å². The van der Waals surface area contributed by atoms with Crippen molar-refractivity contribution in [2.24, 2.45) is 0 Å². The van der Waals surface area contributed by atoms with Gasteiger partial charge in [-0.1, -0.05) is 50.9 Å². The molecule has 1 amide bonds. The molecule has 5 nitrogen and oxygen atoms in total. The number of ether oxygens (including phenoxy) is 1. The molecule has 1 aliphatic rings. The number of hydrogen-bond donors (Lipinski definition) is 1. The summed E-state index contributed by atoms with van der Waals surface area (Å²) in [6.07, 6.45) is 2.13. The molecule has 0 radical (unpaired) electrons. The molecule has 28 heavy (non-hydrogen) atoms. The standard InChI is InChI=1S/C21H27Cl2N3O2/c1-12(2)19-18(21(27)24-11-15-6-5-9-28-15)20(13(3)4)26(25-19)14-7-8-16(22)17(23)10-14/h7-8,10,12-13,15H,5-6,9,11H2,1-4H3,(H,24,27)/t15-/m0/s1. The van der Waals surface area contributed by atoms with Crippen molar-refractivity contribution in [2.45, 2.75) is 58.5 Å². The van der Waals surface area contributed by atoms with Gasteiger partial charge in [0.15, 0.2) is 0 Å². The van der Waals surface area contributed by atoms with Gasteiger partial charge in [-0.25, -0.2) is 4.68 Å². The molecule has 0 spiro atoms. The Bertz CT molecular complexity index is 856. The van der Waals surface area contributed by atoms with Gasteiger partial charge in [-0.2, -0.15) is 5.10 Å². The van der Waals surface area contributed by atoms with Gasteiger partial charge in [0.1, 0.15) is 0 Å². The molecule has 1 aliphatic heterocycles. The van der Waals surface area contributed by atoms with Gasteiger partial charge in [0.05, 0.1) is 38.8 Å². The van der Waals surface area contributed by atoms with Crippen molar-refractivity contribution in [3.63, 3.8) is 0 Å². The average Bonchev–Trinajstić information content (AvgIpc) is 3.29. The largest absolute Gasteiger partial charge is 0.376 e. The average molecular weight is 424 g/mol. The molecule has 1 fully saturated rings. The van der Waals surface area contributed by atoms with Crippen molar-refractivity contribution in [1.29, 1.82) is 0 Å². The van der Waals surface area contributed by atoms with Crippen LogP contribution in [0.1, 0.15) is 74.1 Å². The SMILES string of the molecule is CC(C)c1nn(-c2ccc(Cl)c(Cl)c2)c(C(C)C)c1C(=O)NC[C@@H]1CCCO1. The normalized spacial score (nSPS) is 16.9. The highest BCUT2D eigenvalue weighted by Crippen LogP contribution is 2.32. The maximum absolute atomic E-state index is 13.2. The van der Waals surface area contributed by atoms with Crippen molar-refractivity contribution >= 4 is 29.1 Å². The predicted octanol–water partition coefficient (Wildman–Crippen LogP) is 5.33. The van der Waals surface area contributed by atoms with Gasteiger partial charge in [-0.05, 0) is 42.9 Å². The first kappa shape index (κ1) is 21.2. The summed E-state index contributed by atoms with van der Waals surface area (Å²) in [7, 11) is 0. The quantitative estimate of drug-likeness (QED) is 0.682. The Hall–Kier alpha value is -1.56. The first-order valence-corrected chi connectivity index (χ1v) is 10.5. The van der Waals surface area contributed by atoms with Crippen LogP contribution in [-0.2, 0) is 4.74 Å². The lowest BCUT2D eigenvalue weighted by Gasteiger charge is -2.15. The van der Waals surface area contributed by atoms with E-state index in [9.17, 15) is 4.79 Å². The molecule has 2 aromatic rings. The van der Waals surface area contributed by atoms with E-state index in [0.29, 0.717) is 22.2 Å². The minimum atomic E-state index is -0.103. The number of benzene rings is 1. The third-order valence-electron chi connectivity index (χ3n) is 4.93. The molecule has 0 bridgehead atoms.